The Morgan fingerprint density at radius 1 is 1.19 bits per heavy atom. The summed E-state index contributed by atoms with van der Waals surface area (Å²) in [4.78, 5) is 44.9. The third-order valence-corrected chi connectivity index (χ3v) is 9.34. The summed E-state index contributed by atoms with van der Waals surface area (Å²) in [6.45, 7) is 1.82. The van der Waals surface area contributed by atoms with E-state index in [1.807, 2.05) is 25.1 Å². The summed E-state index contributed by atoms with van der Waals surface area (Å²) in [5.74, 6) is -5.39. The number of likely N-dealkylation sites (tertiary alicyclic amines) is 1. The highest BCUT2D eigenvalue weighted by Gasteiger charge is 2.58. The van der Waals surface area contributed by atoms with Crippen molar-refractivity contribution in [3.63, 3.8) is 0 Å². The fraction of sp³-hybridized carbons (Fsp3) is 0.633. The molecule has 0 aromatic heterocycles. The number of likely N-dealkylation sites (N-methyl/N-ethyl adjacent to an activating group) is 1. The lowest BCUT2D eigenvalue weighted by atomic mass is 9.61. The SMILES string of the molecule is CN1CCC(NCc2cc(N(C)C)c3c(c2O)C(=O)C2=C(O)[C@](O)(C(=O)CC(N)=O)[C@H](C(CO)N(C)C)C[C@@H]2C3)CC1. The number of nitrogens with one attached hydrogen (secondary N) is 1. The van der Waals surface area contributed by atoms with Crippen LogP contribution in [0.1, 0.15) is 47.2 Å². The van der Waals surface area contributed by atoms with Crippen molar-refractivity contribution in [1.82, 2.24) is 15.1 Å². The number of fused-ring (bicyclic) bond motifs is 2. The predicted octanol–water partition coefficient (Wildman–Crippen LogP) is -0.0729. The number of nitrogens with zero attached hydrogens (tertiary/aromatic N) is 3. The van der Waals surface area contributed by atoms with E-state index in [2.05, 4.69) is 17.3 Å². The average Bonchev–Trinajstić information content (AvgIpc) is 2.91. The lowest BCUT2D eigenvalue weighted by Gasteiger charge is -2.47. The van der Waals surface area contributed by atoms with Gasteiger partial charge in [-0.3, -0.25) is 14.4 Å². The van der Waals surface area contributed by atoms with Gasteiger partial charge in [-0.25, -0.2) is 0 Å². The molecule has 0 spiro atoms. The quantitative estimate of drug-likeness (QED) is 0.202. The number of aliphatic hydroxyl groups excluding tert-OH is 2. The molecule has 1 saturated heterocycles. The Kier molecular flexibility index (Phi) is 9.34. The highest BCUT2D eigenvalue weighted by molar-refractivity contribution is 6.15. The van der Waals surface area contributed by atoms with E-state index in [1.54, 1.807) is 19.0 Å². The largest absolute Gasteiger partial charge is 0.508 e. The van der Waals surface area contributed by atoms with Gasteiger partial charge in [-0.2, -0.15) is 0 Å². The highest BCUT2D eigenvalue weighted by atomic mass is 16.3. The zero-order valence-corrected chi connectivity index (χ0v) is 25.2. The minimum absolute atomic E-state index is 0.0358. The number of allylic oxidation sites excluding steroid dienone is 1. The van der Waals surface area contributed by atoms with Crippen molar-refractivity contribution in [2.24, 2.45) is 17.6 Å². The van der Waals surface area contributed by atoms with Crippen molar-refractivity contribution in [3.05, 3.63) is 34.1 Å². The molecule has 1 unspecified atom stereocenters. The smallest absolute Gasteiger partial charge is 0.225 e. The first-order chi connectivity index (χ1) is 19.7. The van der Waals surface area contributed by atoms with Gasteiger partial charge in [0.2, 0.25) is 5.91 Å². The molecule has 1 aromatic carbocycles. The molecular weight excluding hydrogens is 542 g/mol. The summed E-state index contributed by atoms with van der Waals surface area (Å²) in [7, 11) is 9.12. The number of anilines is 1. The molecular formula is C30H45N5O7. The Hall–Kier alpha value is -3.03. The molecule has 1 heterocycles. The fourth-order valence-electron chi connectivity index (χ4n) is 6.95. The first-order valence-electron chi connectivity index (χ1n) is 14.5. The molecule has 1 fully saturated rings. The maximum atomic E-state index is 14.2. The topological polar surface area (TPSA) is 180 Å². The molecule has 232 valence electrons. The number of hydrogen-bond acceptors (Lipinski definition) is 11. The number of phenols is 1. The molecule has 12 nitrogen and oxygen atoms in total. The Morgan fingerprint density at radius 3 is 2.38 bits per heavy atom. The number of carbonyl (C=O) groups is 3. The number of aromatic hydroxyl groups is 1. The van der Waals surface area contributed by atoms with Crippen LogP contribution in [0, 0.1) is 11.8 Å². The molecule has 1 amide bonds. The summed E-state index contributed by atoms with van der Waals surface area (Å²) in [5.41, 5.74) is 4.42. The van der Waals surface area contributed by atoms with Crippen LogP contribution in [0.5, 0.6) is 5.75 Å². The Labute approximate surface area is 246 Å². The number of hydrogen-bond donors (Lipinski definition) is 6. The molecule has 7 N–H and O–H groups in total. The van der Waals surface area contributed by atoms with Crippen LogP contribution in [-0.4, -0.2) is 120 Å². The van der Waals surface area contributed by atoms with Crippen LogP contribution in [0.2, 0.25) is 0 Å². The van der Waals surface area contributed by atoms with Gasteiger partial charge in [0, 0.05) is 55.5 Å². The van der Waals surface area contributed by atoms with Crippen molar-refractivity contribution >= 4 is 23.2 Å². The highest BCUT2D eigenvalue weighted by Crippen LogP contribution is 2.51. The maximum Gasteiger partial charge on any atom is 0.225 e. The first-order valence-corrected chi connectivity index (χ1v) is 14.5. The van der Waals surface area contributed by atoms with E-state index in [-0.39, 0.29) is 35.8 Å². The van der Waals surface area contributed by atoms with Crippen LogP contribution in [0.3, 0.4) is 0 Å². The molecule has 4 rings (SSSR count). The van der Waals surface area contributed by atoms with Crippen LogP contribution in [0.25, 0.3) is 0 Å². The van der Waals surface area contributed by atoms with Gasteiger partial charge in [0.05, 0.1) is 18.6 Å². The van der Waals surface area contributed by atoms with E-state index in [9.17, 15) is 34.8 Å². The van der Waals surface area contributed by atoms with Crippen molar-refractivity contribution in [1.29, 1.82) is 0 Å². The minimum Gasteiger partial charge on any atom is -0.508 e. The van der Waals surface area contributed by atoms with Crippen molar-refractivity contribution < 1.29 is 34.8 Å². The monoisotopic (exact) mass is 587 g/mol. The summed E-state index contributed by atoms with van der Waals surface area (Å²) in [5, 5.41) is 48.6. The van der Waals surface area contributed by atoms with Crippen LogP contribution in [-0.2, 0) is 22.6 Å². The standard InChI is InChI=1S/C30H45N5O7/c1-33(2)21-12-17(14-32-18-6-8-35(5)9-7-18)27(39)26-19(21)10-16-11-20(22(15-36)34(3)4)30(42,23(37)13-24(31)38)29(41)25(16)28(26)40/h12,16,18,20,22,32,36,39,41-42H,6-11,13-15H2,1-5H3,(H2,31,38)/t16-,20-,22?,30+/m0/s1. The van der Waals surface area contributed by atoms with Gasteiger partial charge in [0.25, 0.3) is 0 Å². The van der Waals surface area contributed by atoms with Crippen LogP contribution in [0.15, 0.2) is 17.4 Å². The molecule has 42 heavy (non-hydrogen) atoms. The number of piperidine rings is 1. The summed E-state index contributed by atoms with van der Waals surface area (Å²) >= 11 is 0. The van der Waals surface area contributed by atoms with Crippen molar-refractivity contribution in [2.45, 2.75) is 56.3 Å². The number of amides is 1. The average molecular weight is 588 g/mol. The Morgan fingerprint density at radius 2 is 1.83 bits per heavy atom. The lowest BCUT2D eigenvalue weighted by Crippen LogP contribution is -2.60. The van der Waals surface area contributed by atoms with Crippen LogP contribution >= 0.6 is 0 Å². The summed E-state index contributed by atoms with van der Waals surface area (Å²) in [6, 6.07) is 1.37. The molecule has 12 heteroatoms. The number of carbonyl (C=O) groups excluding carboxylic acids is 3. The second-order valence-electron chi connectivity index (χ2n) is 12.5. The Bertz CT molecular complexity index is 1270. The minimum atomic E-state index is -2.63. The van der Waals surface area contributed by atoms with E-state index in [0.29, 0.717) is 17.7 Å². The number of primary amides is 1. The van der Waals surface area contributed by atoms with Gasteiger partial charge in [-0.1, -0.05) is 0 Å². The predicted molar refractivity (Wildman–Crippen MR) is 157 cm³/mol. The zero-order chi connectivity index (χ0) is 31.1. The number of Topliss-reactive ketones (excluding diaryl/α,β-unsaturated/α-hetero) is 2. The van der Waals surface area contributed by atoms with Gasteiger partial charge in [-0.05, 0) is 77.5 Å². The van der Waals surface area contributed by atoms with Gasteiger partial charge in [0.15, 0.2) is 17.2 Å². The van der Waals surface area contributed by atoms with Gasteiger partial charge < -0.3 is 46.2 Å². The number of nitrogens with two attached hydrogens (primary N) is 1. The van der Waals surface area contributed by atoms with Gasteiger partial charge >= 0.3 is 0 Å². The van der Waals surface area contributed by atoms with Crippen molar-refractivity contribution in [2.75, 3.05) is 59.8 Å². The zero-order valence-electron chi connectivity index (χ0n) is 25.2. The first kappa shape index (κ1) is 31.9. The second kappa shape index (κ2) is 12.3. The number of phenolic OH excluding ortho intramolecular Hbond substituents is 1. The van der Waals surface area contributed by atoms with Crippen LogP contribution < -0.4 is 16.0 Å². The fourth-order valence-corrected chi connectivity index (χ4v) is 6.95. The number of benzene rings is 1. The summed E-state index contributed by atoms with van der Waals surface area (Å²) < 4.78 is 0. The molecule has 0 bridgehead atoms. The second-order valence-corrected chi connectivity index (χ2v) is 12.5. The lowest BCUT2D eigenvalue weighted by molar-refractivity contribution is -0.151. The van der Waals surface area contributed by atoms with Gasteiger partial charge in [-0.15, -0.1) is 0 Å². The number of rotatable bonds is 10. The molecule has 0 radical (unpaired) electrons. The van der Waals surface area contributed by atoms with E-state index in [1.165, 1.54) is 0 Å². The van der Waals surface area contributed by atoms with E-state index in [0.717, 1.165) is 31.6 Å². The maximum absolute atomic E-state index is 14.2. The van der Waals surface area contributed by atoms with Gasteiger partial charge in [0.1, 0.15) is 11.5 Å². The third kappa shape index (κ3) is 5.66. The van der Waals surface area contributed by atoms with E-state index < -0.39 is 59.7 Å². The summed E-state index contributed by atoms with van der Waals surface area (Å²) in [6.07, 6.45) is 1.40. The molecule has 4 atom stereocenters. The van der Waals surface area contributed by atoms with E-state index in [4.69, 9.17) is 5.73 Å². The van der Waals surface area contributed by atoms with Crippen LogP contribution in [0.4, 0.5) is 5.69 Å². The molecule has 3 aliphatic rings. The molecule has 1 aliphatic heterocycles. The molecule has 1 aromatic rings. The third-order valence-electron chi connectivity index (χ3n) is 9.34. The normalized spacial score (nSPS) is 25.8. The number of ketones is 2. The van der Waals surface area contributed by atoms with Crippen molar-refractivity contribution in [3.8, 4) is 5.75 Å². The molecule has 2 aliphatic carbocycles. The Balaban J connectivity index is 1.82. The molecule has 0 saturated carbocycles. The number of aliphatic hydroxyl groups is 3. The van der Waals surface area contributed by atoms with E-state index >= 15 is 0 Å².